The van der Waals surface area contributed by atoms with Gasteiger partial charge in [-0.2, -0.15) is 0 Å². The summed E-state index contributed by atoms with van der Waals surface area (Å²) in [7, 11) is 0. The Balaban J connectivity index is 2.21. The Bertz CT molecular complexity index is 144. The Morgan fingerprint density at radius 1 is 1.13 bits per heavy atom. The molecule has 0 aromatic heterocycles. The minimum atomic E-state index is 0.875. The van der Waals surface area contributed by atoms with Crippen molar-refractivity contribution in [2.45, 2.75) is 78.6 Å². The van der Waals surface area contributed by atoms with Crippen LogP contribution < -0.4 is 0 Å². The molecule has 0 bridgehead atoms. The lowest BCUT2D eigenvalue weighted by atomic mass is 9.74. The fourth-order valence-corrected chi connectivity index (χ4v) is 2.89. The van der Waals surface area contributed by atoms with Crippen molar-refractivity contribution in [3.05, 3.63) is 5.92 Å². The first-order valence-electron chi connectivity index (χ1n) is 7.09. The van der Waals surface area contributed by atoms with Crippen molar-refractivity contribution in [2.24, 2.45) is 11.8 Å². The van der Waals surface area contributed by atoms with Crippen molar-refractivity contribution in [2.75, 3.05) is 0 Å². The molecule has 0 amide bonds. The van der Waals surface area contributed by atoms with E-state index in [2.05, 4.69) is 20.8 Å². The Hall–Kier alpha value is 0. The van der Waals surface area contributed by atoms with E-state index >= 15 is 0 Å². The third-order valence-electron chi connectivity index (χ3n) is 4.27. The van der Waals surface area contributed by atoms with E-state index in [1.807, 2.05) is 5.92 Å². The van der Waals surface area contributed by atoms with Crippen molar-refractivity contribution in [3.8, 4) is 0 Å². The highest BCUT2D eigenvalue weighted by molar-refractivity contribution is 4.97. The first-order chi connectivity index (χ1) is 7.25. The van der Waals surface area contributed by atoms with Crippen LogP contribution in [0.5, 0.6) is 0 Å². The van der Waals surface area contributed by atoms with E-state index in [4.69, 9.17) is 0 Å². The Morgan fingerprint density at radius 3 is 2.40 bits per heavy atom. The predicted octanol–water partition coefficient (Wildman–Crippen LogP) is 5.38. The van der Waals surface area contributed by atoms with Gasteiger partial charge in [0.1, 0.15) is 0 Å². The highest BCUT2D eigenvalue weighted by Gasteiger charge is 2.24. The number of unbranched alkanes of at least 4 members (excludes halogenated alkanes) is 2. The normalized spacial score (nSPS) is 20.8. The molecule has 0 nitrogen and oxygen atoms in total. The fraction of sp³-hybridized carbons (Fsp3) is 0.933. The summed E-state index contributed by atoms with van der Waals surface area (Å²) in [5.74, 6) is 3.65. The van der Waals surface area contributed by atoms with Gasteiger partial charge in [0.15, 0.2) is 0 Å². The molecule has 1 unspecified atom stereocenters. The first kappa shape index (κ1) is 13.1. The summed E-state index contributed by atoms with van der Waals surface area (Å²) in [5, 5.41) is 0. The average molecular weight is 209 g/mol. The molecule has 1 aliphatic rings. The molecule has 15 heavy (non-hydrogen) atoms. The zero-order chi connectivity index (χ0) is 11.1. The largest absolute Gasteiger partial charge is 0.0654 e. The number of hydrogen-bond donors (Lipinski definition) is 0. The molecule has 0 spiro atoms. The summed E-state index contributed by atoms with van der Waals surface area (Å²) in [6.07, 6.45) is 13.0. The molecule has 1 rings (SSSR count). The van der Waals surface area contributed by atoms with Crippen LogP contribution in [0.25, 0.3) is 0 Å². The molecule has 0 heteroatoms. The third kappa shape index (κ3) is 4.57. The molecule has 0 N–H and O–H groups in total. The van der Waals surface area contributed by atoms with Gasteiger partial charge >= 0.3 is 0 Å². The molecule has 1 atom stereocenters. The van der Waals surface area contributed by atoms with Crippen LogP contribution in [-0.4, -0.2) is 0 Å². The summed E-state index contributed by atoms with van der Waals surface area (Å²) in [6, 6.07) is 0. The first-order valence-corrected chi connectivity index (χ1v) is 7.09. The second kappa shape index (κ2) is 7.30. The summed E-state index contributed by atoms with van der Waals surface area (Å²) < 4.78 is 0. The van der Waals surface area contributed by atoms with Crippen LogP contribution in [-0.2, 0) is 0 Å². The maximum Gasteiger partial charge on any atom is -0.0213 e. The molecule has 89 valence electrons. The molecule has 0 aliphatic heterocycles. The summed E-state index contributed by atoms with van der Waals surface area (Å²) in [5.41, 5.74) is 0. The van der Waals surface area contributed by atoms with E-state index in [0.717, 1.165) is 11.8 Å². The van der Waals surface area contributed by atoms with Gasteiger partial charge in [0.25, 0.3) is 0 Å². The molecule has 0 aromatic rings. The van der Waals surface area contributed by atoms with Crippen molar-refractivity contribution < 1.29 is 0 Å². The van der Waals surface area contributed by atoms with E-state index in [0.29, 0.717) is 0 Å². The molecular weight excluding hydrogens is 180 g/mol. The zero-order valence-corrected chi connectivity index (χ0v) is 11.0. The summed E-state index contributed by atoms with van der Waals surface area (Å²) >= 11 is 0. The van der Waals surface area contributed by atoms with Crippen LogP contribution in [0.1, 0.15) is 78.6 Å². The zero-order valence-electron chi connectivity index (χ0n) is 11.0. The minimum Gasteiger partial charge on any atom is -0.0654 e. The summed E-state index contributed by atoms with van der Waals surface area (Å²) in [4.78, 5) is 0. The fourth-order valence-electron chi connectivity index (χ4n) is 2.89. The van der Waals surface area contributed by atoms with E-state index in [1.54, 1.807) is 0 Å². The average Bonchev–Trinajstić information content (AvgIpc) is 2.29. The van der Waals surface area contributed by atoms with Gasteiger partial charge in [-0.3, -0.25) is 0 Å². The maximum atomic E-state index is 2.44. The van der Waals surface area contributed by atoms with Crippen molar-refractivity contribution >= 4 is 0 Å². The van der Waals surface area contributed by atoms with Crippen LogP contribution >= 0.6 is 0 Å². The molecule has 1 aliphatic carbocycles. The summed E-state index contributed by atoms with van der Waals surface area (Å²) in [6.45, 7) is 7.16. The highest BCUT2D eigenvalue weighted by Crippen LogP contribution is 2.36. The van der Waals surface area contributed by atoms with Crippen LogP contribution in [0.3, 0.4) is 0 Å². The standard InChI is InChI=1S/C15H29/c1-4-5-7-10-13(2)14(3)15-11-8-6-9-12-15/h13,15H,4-12H2,1-3H3. The van der Waals surface area contributed by atoms with Gasteiger partial charge < -0.3 is 0 Å². The second-order valence-corrected chi connectivity index (χ2v) is 5.48. The number of hydrogen-bond acceptors (Lipinski definition) is 0. The van der Waals surface area contributed by atoms with Crippen LogP contribution in [0.4, 0.5) is 0 Å². The van der Waals surface area contributed by atoms with Gasteiger partial charge in [-0.1, -0.05) is 65.7 Å². The molecule has 0 saturated heterocycles. The quantitative estimate of drug-likeness (QED) is 0.515. The van der Waals surface area contributed by atoms with Crippen molar-refractivity contribution in [3.63, 3.8) is 0 Å². The van der Waals surface area contributed by atoms with Crippen LogP contribution in [0.2, 0.25) is 0 Å². The Morgan fingerprint density at radius 2 is 1.80 bits per heavy atom. The lowest BCUT2D eigenvalue weighted by molar-refractivity contribution is 0.321. The minimum absolute atomic E-state index is 0.875. The third-order valence-corrected chi connectivity index (χ3v) is 4.27. The SMILES string of the molecule is CCCCCC(C)[C](C)C1CCCCC1. The van der Waals surface area contributed by atoms with Gasteiger partial charge in [-0.05, 0) is 30.6 Å². The van der Waals surface area contributed by atoms with Gasteiger partial charge in [0.05, 0.1) is 0 Å². The van der Waals surface area contributed by atoms with E-state index in [1.165, 1.54) is 57.8 Å². The monoisotopic (exact) mass is 209 g/mol. The smallest absolute Gasteiger partial charge is 0.0213 e. The van der Waals surface area contributed by atoms with Gasteiger partial charge in [0.2, 0.25) is 0 Å². The Labute approximate surface area is 96.8 Å². The van der Waals surface area contributed by atoms with E-state index in [9.17, 15) is 0 Å². The topological polar surface area (TPSA) is 0 Å². The lowest BCUT2D eigenvalue weighted by Gasteiger charge is -2.31. The van der Waals surface area contributed by atoms with Crippen LogP contribution in [0.15, 0.2) is 0 Å². The van der Waals surface area contributed by atoms with Crippen molar-refractivity contribution in [1.29, 1.82) is 0 Å². The lowest BCUT2D eigenvalue weighted by Crippen LogP contribution is -2.19. The molecule has 0 heterocycles. The van der Waals surface area contributed by atoms with Gasteiger partial charge in [-0.25, -0.2) is 0 Å². The van der Waals surface area contributed by atoms with Gasteiger partial charge in [0, 0.05) is 0 Å². The molecule has 1 fully saturated rings. The maximum absolute atomic E-state index is 2.44. The van der Waals surface area contributed by atoms with E-state index < -0.39 is 0 Å². The highest BCUT2D eigenvalue weighted by atomic mass is 14.3. The van der Waals surface area contributed by atoms with Gasteiger partial charge in [-0.15, -0.1) is 0 Å². The molecule has 0 aromatic carbocycles. The second-order valence-electron chi connectivity index (χ2n) is 5.48. The predicted molar refractivity (Wildman–Crippen MR) is 68.8 cm³/mol. The molecule has 1 radical (unpaired) electrons. The Kier molecular flexibility index (Phi) is 6.36. The molecular formula is C15H29. The molecule has 1 saturated carbocycles. The number of rotatable bonds is 6. The van der Waals surface area contributed by atoms with Crippen molar-refractivity contribution in [1.82, 2.24) is 0 Å². The van der Waals surface area contributed by atoms with E-state index in [-0.39, 0.29) is 0 Å². The van der Waals surface area contributed by atoms with Crippen LogP contribution in [0, 0.1) is 17.8 Å².